The van der Waals surface area contributed by atoms with E-state index in [9.17, 15) is 9.18 Å². The molecule has 1 aliphatic rings. The zero-order valence-corrected chi connectivity index (χ0v) is 15.3. The first-order chi connectivity index (χ1) is 12.6. The van der Waals surface area contributed by atoms with Crippen molar-refractivity contribution < 1.29 is 13.6 Å². The predicted octanol–water partition coefficient (Wildman–Crippen LogP) is 3.94. The number of furan rings is 1. The Hall–Kier alpha value is -2.14. The number of nitrogens with one attached hydrogen (secondary N) is 1. The van der Waals surface area contributed by atoms with E-state index in [1.165, 1.54) is 25.0 Å². The average molecular weight is 358 g/mol. The van der Waals surface area contributed by atoms with E-state index in [0.29, 0.717) is 19.4 Å². The number of amides is 1. The molecule has 1 atom stereocenters. The summed E-state index contributed by atoms with van der Waals surface area (Å²) in [6.07, 6.45) is 5.04. The second kappa shape index (κ2) is 8.99. The molecule has 1 fully saturated rings. The van der Waals surface area contributed by atoms with E-state index in [-0.39, 0.29) is 17.8 Å². The lowest BCUT2D eigenvalue weighted by Crippen LogP contribution is -2.41. The number of likely N-dealkylation sites (tertiary alicyclic amines) is 1. The lowest BCUT2D eigenvalue weighted by atomic mass is 9.97. The van der Waals surface area contributed by atoms with Gasteiger partial charge in [-0.05, 0) is 68.1 Å². The fourth-order valence-electron chi connectivity index (χ4n) is 3.44. The van der Waals surface area contributed by atoms with E-state index in [2.05, 4.69) is 17.1 Å². The van der Waals surface area contributed by atoms with Crippen molar-refractivity contribution in [3.63, 3.8) is 0 Å². The van der Waals surface area contributed by atoms with E-state index in [1.807, 2.05) is 12.1 Å². The molecule has 26 heavy (non-hydrogen) atoms. The van der Waals surface area contributed by atoms with Crippen LogP contribution in [0.1, 0.15) is 43.6 Å². The van der Waals surface area contributed by atoms with Gasteiger partial charge in [-0.1, -0.05) is 19.1 Å². The number of hydrogen-bond donors (Lipinski definition) is 1. The summed E-state index contributed by atoms with van der Waals surface area (Å²) < 4.78 is 18.6. The molecule has 5 heteroatoms. The van der Waals surface area contributed by atoms with E-state index in [4.69, 9.17) is 4.42 Å². The summed E-state index contributed by atoms with van der Waals surface area (Å²) in [6.45, 7) is 4.89. The van der Waals surface area contributed by atoms with Gasteiger partial charge in [0, 0.05) is 13.0 Å². The molecule has 2 heterocycles. The highest BCUT2D eigenvalue weighted by Gasteiger charge is 2.26. The summed E-state index contributed by atoms with van der Waals surface area (Å²) in [4.78, 5) is 14.7. The van der Waals surface area contributed by atoms with Crippen LogP contribution in [-0.2, 0) is 11.2 Å². The number of carbonyl (C=O) groups excluding carboxylic acids is 1. The number of aryl methyl sites for hydroxylation is 1. The SMILES string of the molecule is CC1CCN(C(CNC(=O)CCc2ccc(F)cc2)c2ccco2)CC1. The number of piperidine rings is 1. The van der Waals surface area contributed by atoms with Crippen LogP contribution in [-0.4, -0.2) is 30.4 Å². The number of carbonyl (C=O) groups is 1. The van der Waals surface area contributed by atoms with Gasteiger partial charge in [-0.25, -0.2) is 4.39 Å². The third-order valence-electron chi connectivity index (χ3n) is 5.18. The Morgan fingerprint density at radius 2 is 2.00 bits per heavy atom. The summed E-state index contributed by atoms with van der Waals surface area (Å²) >= 11 is 0. The van der Waals surface area contributed by atoms with Crippen molar-refractivity contribution in [2.24, 2.45) is 5.92 Å². The summed E-state index contributed by atoms with van der Waals surface area (Å²) in [5.74, 6) is 1.42. The molecule has 1 saturated heterocycles. The Morgan fingerprint density at radius 3 is 2.65 bits per heavy atom. The fraction of sp³-hybridized carbons (Fsp3) is 0.476. The zero-order valence-electron chi connectivity index (χ0n) is 15.3. The highest BCUT2D eigenvalue weighted by molar-refractivity contribution is 5.76. The van der Waals surface area contributed by atoms with Crippen LogP contribution in [0.4, 0.5) is 4.39 Å². The second-order valence-corrected chi connectivity index (χ2v) is 7.18. The smallest absolute Gasteiger partial charge is 0.220 e. The number of nitrogens with zero attached hydrogens (tertiary/aromatic N) is 1. The third kappa shape index (κ3) is 5.18. The highest BCUT2D eigenvalue weighted by atomic mass is 19.1. The zero-order chi connectivity index (χ0) is 18.4. The van der Waals surface area contributed by atoms with Gasteiger partial charge in [-0.2, -0.15) is 0 Å². The fourth-order valence-corrected chi connectivity index (χ4v) is 3.44. The molecule has 3 rings (SSSR count). The van der Waals surface area contributed by atoms with Gasteiger partial charge in [0.15, 0.2) is 0 Å². The van der Waals surface area contributed by atoms with Gasteiger partial charge < -0.3 is 9.73 Å². The van der Waals surface area contributed by atoms with Crippen molar-refractivity contribution in [2.75, 3.05) is 19.6 Å². The van der Waals surface area contributed by atoms with E-state index >= 15 is 0 Å². The van der Waals surface area contributed by atoms with Crippen LogP contribution in [0.2, 0.25) is 0 Å². The molecule has 2 aromatic rings. The monoisotopic (exact) mass is 358 g/mol. The van der Waals surface area contributed by atoms with E-state index < -0.39 is 0 Å². The van der Waals surface area contributed by atoms with Crippen molar-refractivity contribution in [3.8, 4) is 0 Å². The quantitative estimate of drug-likeness (QED) is 0.815. The van der Waals surface area contributed by atoms with Crippen LogP contribution in [0.3, 0.4) is 0 Å². The molecule has 1 aromatic heterocycles. The Bertz CT molecular complexity index is 677. The maximum absolute atomic E-state index is 12.9. The Kier molecular flexibility index (Phi) is 6.45. The number of rotatable bonds is 7. The number of hydrogen-bond acceptors (Lipinski definition) is 3. The standard InChI is InChI=1S/C21H27FN2O2/c1-16-10-12-24(13-11-16)19(20-3-2-14-26-20)15-23-21(25)9-6-17-4-7-18(22)8-5-17/h2-5,7-8,14,16,19H,6,9-13,15H2,1H3,(H,23,25). The molecule has 4 nitrogen and oxygen atoms in total. The lowest BCUT2D eigenvalue weighted by Gasteiger charge is -2.35. The van der Waals surface area contributed by atoms with Crippen molar-refractivity contribution in [3.05, 3.63) is 59.8 Å². The van der Waals surface area contributed by atoms with Crippen LogP contribution in [0.15, 0.2) is 47.1 Å². The highest BCUT2D eigenvalue weighted by Crippen LogP contribution is 2.26. The molecule has 0 saturated carbocycles. The van der Waals surface area contributed by atoms with Gasteiger partial charge in [0.2, 0.25) is 5.91 Å². The summed E-state index contributed by atoms with van der Waals surface area (Å²) in [6, 6.07) is 10.3. The molecule has 0 aliphatic carbocycles. The molecule has 1 amide bonds. The van der Waals surface area contributed by atoms with Crippen molar-refractivity contribution >= 4 is 5.91 Å². The largest absolute Gasteiger partial charge is 0.468 e. The van der Waals surface area contributed by atoms with E-state index in [0.717, 1.165) is 30.3 Å². The Balaban J connectivity index is 1.52. The maximum atomic E-state index is 12.9. The summed E-state index contributed by atoms with van der Waals surface area (Å²) in [7, 11) is 0. The van der Waals surface area contributed by atoms with Gasteiger partial charge in [-0.3, -0.25) is 9.69 Å². The minimum atomic E-state index is -0.254. The molecular formula is C21H27FN2O2. The maximum Gasteiger partial charge on any atom is 0.220 e. The van der Waals surface area contributed by atoms with Crippen molar-refractivity contribution in [1.82, 2.24) is 10.2 Å². The van der Waals surface area contributed by atoms with E-state index in [1.54, 1.807) is 18.4 Å². The third-order valence-corrected chi connectivity index (χ3v) is 5.18. The summed E-state index contributed by atoms with van der Waals surface area (Å²) in [5, 5.41) is 3.05. The van der Waals surface area contributed by atoms with Crippen molar-refractivity contribution in [2.45, 2.75) is 38.6 Å². The van der Waals surface area contributed by atoms with Crippen LogP contribution in [0.25, 0.3) is 0 Å². The van der Waals surface area contributed by atoms with Crippen molar-refractivity contribution in [1.29, 1.82) is 0 Å². The van der Waals surface area contributed by atoms with Gasteiger partial charge in [-0.15, -0.1) is 0 Å². The molecule has 1 N–H and O–H groups in total. The van der Waals surface area contributed by atoms with Gasteiger partial charge in [0.1, 0.15) is 11.6 Å². The second-order valence-electron chi connectivity index (χ2n) is 7.18. The van der Waals surface area contributed by atoms with Crippen LogP contribution >= 0.6 is 0 Å². The topological polar surface area (TPSA) is 45.5 Å². The van der Waals surface area contributed by atoms with Gasteiger partial charge in [0.25, 0.3) is 0 Å². The Labute approximate surface area is 154 Å². The van der Waals surface area contributed by atoms with Crippen LogP contribution < -0.4 is 5.32 Å². The molecule has 0 spiro atoms. The molecule has 140 valence electrons. The predicted molar refractivity (Wildman–Crippen MR) is 99.2 cm³/mol. The average Bonchev–Trinajstić information content (AvgIpc) is 3.17. The molecule has 1 aliphatic heterocycles. The first-order valence-electron chi connectivity index (χ1n) is 9.40. The molecular weight excluding hydrogens is 331 g/mol. The molecule has 0 radical (unpaired) electrons. The van der Waals surface area contributed by atoms with Crippen LogP contribution in [0, 0.1) is 11.7 Å². The first kappa shape index (κ1) is 18.6. The minimum absolute atomic E-state index is 0.0104. The normalized spacial score (nSPS) is 17.2. The molecule has 1 aromatic carbocycles. The van der Waals surface area contributed by atoms with Gasteiger partial charge >= 0.3 is 0 Å². The summed E-state index contributed by atoms with van der Waals surface area (Å²) in [5.41, 5.74) is 0.967. The molecule has 0 bridgehead atoms. The number of benzene rings is 1. The Morgan fingerprint density at radius 1 is 1.27 bits per heavy atom. The minimum Gasteiger partial charge on any atom is -0.468 e. The number of halogens is 1. The van der Waals surface area contributed by atoms with Gasteiger partial charge in [0.05, 0.1) is 12.3 Å². The lowest BCUT2D eigenvalue weighted by molar-refractivity contribution is -0.121. The van der Waals surface area contributed by atoms with Crippen LogP contribution in [0.5, 0.6) is 0 Å². The molecule has 1 unspecified atom stereocenters. The first-order valence-corrected chi connectivity index (χ1v) is 9.40.